The molecule has 0 N–H and O–H groups in total. The zero-order valence-corrected chi connectivity index (χ0v) is 15.5. The van der Waals surface area contributed by atoms with Crippen molar-refractivity contribution in [2.75, 3.05) is 13.2 Å². The number of nitrogens with zero attached hydrogens (tertiary/aromatic N) is 1. The van der Waals surface area contributed by atoms with E-state index in [0.29, 0.717) is 16.9 Å². The van der Waals surface area contributed by atoms with Crippen molar-refractivity contribution in [3.05, 3.63) is 0 Å². The summed E-state index contributed by atoms with van der Waals surface area (Å²) in [5.41, 5.74) is 0.389. The van der Waals surface area contributed by atoms with E-state index in [1.807, 2.05) is 0 Å². The quantitative estimate of drug-likeness (QED) is 0.722. The van der Waals surface area contributed by atoms with Crippen LogP contribution in [0.2, 0.25) is 5.31 Å². The molecule has 2 aliphatic heterocycles. The van der Waals surface area contributed by atoms with Crippen LogP contribution in [0.25, 0.3) is 0 Å². The Balaban J connectivity index is 1.87. The molecule has 0 aromatic heterocycles. The molecular weight excluding hydrogens is 269 g/mol. The molecule has 2 nitrogen and oxygen atoms in total. The lowest BCUT2D eigenvalue weighted by Gasteiger charge is -2.49. The van der Waals surface area contributed by atoms with Crippen molar-refractivity contribution in [1.29, 1.82) is 0 Å². The standard InChI is InChI=1S/C19H36BNO/c1-14(2)19(20)9-7-5-6-8-17-16(11-19)10-18(12-22-13-18)21(17)15(3)4/h14-17H,5-13,20H2,1-4H3. The van der Waals surface area contributed by atoms with Gasteiger partial charge < -0.3 is 4.74 Å². The molecule has 0 amide bonds. The average molecular weight is 305 g/mol. The smallest absolute Gasteiger partial charge is 0.109 e. The third-order valence-electron chi connectivity index (χ3n) is 7.26. The van der Waals surface area contributed by atoms with Crippen molar-refractivity contribution in [2.24, 2.45) is 11.8 Å². The maximum atomic E-state index is 5.69. The first-order valence-electron chi connectivity index (χ1n) is 9.74. The summed E-state index contributed by atoms with van der Waals surface area (Å²) in [6.45, 7) is 11.7. The normalized spacial score (nSPS) is 39.4. The molecular formula is C19H36BNO. The molecule has 3 atom stereocenters. The number of likely N-dealkylation sites (tertiary alicyclic amines) is 1. The van der Waals surface area contributed by atoms with Crippen molar-refractivity contribution in [2.45, 2.75) is 95.6 Å². The van der Waals surface area contributed by atoms with Gasteiger partial charge in [0.2, 0.25) is 0 Å². The summed E-state index contributed by atoms with van der Waals surface area (Å²) in [5.74, 6) is 1.68. The third-order valence-corrected chi connectivity index (χ3v) is 7.26. The van der Waals surface area contributed by atoms with Crippen molar-refractivity contribution < 1.29 is 4.74 Å². The minimum absolute atomic E-state index is 0.389. The topological polar surface area (TPSA) is 12.5 Å². The number of ether oxygens (including phenoxy) is 1. The molecule has 0 aromatic rings. The van der Waals surface area contributed by atoms with Gasteiger partial charge in [0, 0.05) is 12.1 Å². The summed E-state index contributed by atoms with van der Waals surface area (Å²) in [4.78, 5) is 2.88. The van der Waals surface area contributed by atoms with Gasteiger partial charge in [-0.25, -0.2) is 0 Å². The molecule has 3 unspecified atom stereocenters. The number of hydrogen-bond donors (Lipinski definition) is 0. The summed E-state index contributed by atoms with van der Waals surface area (Å²) in [6, 6.07) is 1.46. The maximum Gasteiger partial charge on any atom is 0.109 e. The molecule has 2 saturated heterocycles. The second-order valence-corrected chi connectivity index (χ2v) is 9.36. The zero-order valence-electron chi connectivity index (χ0n) is 15.5. The molecule has 0 bridgehead atoms. The number of hydrogen-bond acceptors (Lipinski definition) is 2. The summed E-state index contributed by atoms with van der Waals surface area (Å²) in [5, 5.41) is 0.534. The Morgan fingerprint density at radius 1 is 1.05 bits per heavy atom. The van der Waals surface area contributed by atoms with E-state index in [2.05, 4.69) is 40.4 Å². The highest BCUT2D eigenvalue weighted by atomic mass is 16.5. The first kappa shape index (κ1) is 16.8. The van der Waals surface area contributed by atoms with Crippen LogP contribution in [0.3, 0.4) is 0 Å². The highest BCUT2D eigenvalue weighted by Gasteiger charge is 2.57. The molecule has 126 valence electrons. The van der Waals surface area contributed by atoms with E-state index in [9.17, 15) is 0 Å². The van der Waals surface area contributed by atoms with Crippen molar-refractivity contribution in [3.8, 4) is 0 Å². The highest BCUT2D eigenvalue weighted by molar-refractivity contribution is 6.15. The number of rotatable bonds is 2. The molecule has 0 aromatic carbocycles. The van der Waals surface area contributed by atoms with Crippen LogP contribution in [0.4, 0.5) is 0 Å². The van der Waals surface area contributed by atoms with Crippen LogP contribution in [0.15, 0.2) is 0 Å². The first-order chi connectivity index (χ1) is 10.4. The maximum absolute atomic E-state index is 5.69. The van der Waals surface area contributed by atoms with E-state index < -0.39 is 0 Å². The van der Waals surface area contributed by atoms with Gasteiger partial charge in [0.05, 0.1) is 18.8 Å². The van der Waals surface area contributed by atoms with Crippen LogP contribution >= 0.6 is 0 Å². The van der Waals surface area contributed by atoms with Gasteiger partial charge in [-0.1, -0.05) is 51.3 Å². The average Bonchev–Trinajstić information content (AvgIpc) is 2.74. The molecule has 3 rings (SSSR count). The Hall–Kier alpha value is -0.0151. The van der Waals surface area contributed by atoms with Crippen LogP contribution in [-0.2, 0) is 4.74 Å². The van der Waals surface area contributed by atoms with E-state index in [1.54, 1.807) is 0 Å². The summed E-state index contributed by atoms with van der Waals surface area (Å²) in [6.07, 6.45) is 9.96. The second kappa shape index (κ2) is 6.13. The van der Waals surface area contributed by atoms with Gasteiger partial charge in [0.1, 0.15) is 7.85 Å². The first-order valence-corrected chi connectivity index (χ1v) is 9.74. The molecule has 1 aliphatic carbocycles. The Kier molecular flexibility index (Phi) is 4.69. The molecule has 0 radical (unpaired) electrons. The van der Waals surface area contributed by atoms with Crippen LogP contribution in [-0.4, -0.2) is 43.6 Å². The number of fused-ring (bicyclic) bond motifs is 1. The lowest BCUT2D eigenvalue weighted by molar-refractivity contribution is -0.141. The predicted octanol–water partition coefficient (Wildman–Crippen LogP) is 3.66. The lowest BCUT2D eigenvalue weighted by atomic mass is 9.55. The minimum Gasteiger partial charge on any atom is -0.377 e. The van der Waals surface area contributed by atoms with Crippen LogP contribution < -0.4 is 0 Å². The minimum atomic E-state index is 0.389. The van der Waals surface area contributed by atoms with Gasteiger partial charge in [-0.15, -0.1) is 0 Å². The third kappa shape index (κ3) is 2.77. The molecule has 1 saturated carbocycles. The van der Waals surface area contributed by atoms with Crippen molar-refractivity contribution in [1.82, 2.24) is 4.90 Å². The highest BCUT2D eigenvalue weighted by Crippen LogP contribution is 2.54. The van der Waals surface area contributed by atoms with Gasteiger partial charge >= 0.3 is 0 Å². The Bertz CT molecular complexity index is 393. The van der Waals surface area contributed by atoms with Crippen molar-refractivity contribution in [3.63, 3.8) is 0 Å². The monoisotopic (exact) mass is 305 g/mol. The second-order valence-electron chi connectivity index (χ2n) is 9.36. The summed E-state index contributed by atoms with van der Waals surface area (Å²) in [7, 11) is 2.57. The van der Waals surface area contributed by atoms with E-state index in [-0.39, 0.29) is 0 Å². The molecule has 3 aliphatic rings. The van der Waals surface area contributed by atoms with Gasteiger partial charge in [0.15, 0.2) is 0 Å². The molecule has 3 heteroatoms. The van der Waals surface area contributed by atoms with Gasteiger partial charge in [-0.2, -0.15) is 0 Å². The van der Waals surface area contributed by atoms with Gasteiger partial charge in [-0.3, -0.25) is 4.90 Å². The molecule has 2 heterocycles. The lowest BCUT2D eigenvalue weighted by Crippen LogP contribution is -2.62. The predicted molar refractivity (Wildman–Crippen MR) is 96.2 cm³/mol. The Labute approximate surface area is 138 Å². The Morgan fingerprint density at radius 3 is 2.32 bits per heavy atom. The Morgan fingerprint density at radius 2 is 1.77 bits per heavy atom. The van der Waals surface area contributed by atoms with Crippen LogP contribution in [0.1, 0.15) is 72.6 Å². The van der Waals surface area contributed by atoms with Crippen molar-refractivity contribution >= 4 is 7.85 Å². The fourth-order valence-corrected chi connectivity index (χ4v) is 5.71. The molecule has 22 heavy (non-hydrogen) atoms. The fraction of sp³-hybridized carbons (Fsp3) is 1.00. The van der Waals surface area contributed by atoms with E-state index in [1.165, 1.54) is 44.9 Å². The van der Waals surface area contributed by atoms with E-state index in [0.717, 1.165) is 31.1 Å². The van der Waals surface area contributed by atoms with Crippen LogP contribution in [0, 0.1) is 11.8 Å². The molecule has 3 fully saturated rings. The largest absolute Gasteiger partial charge is 0.377 e. The fourth-order valence-electron chi connectivity index (χ4n) is 5.71. The van der Waals surface area contributed by atoms with E-state index in [4.69, 9.17) is 4.74 Å². The van der Waals surface area contributed by atoms with Crippen LogP contribution in [0.5, 0.6) is 0 Å². The van der Waals surface area contributed by atoms with E-state index >= 15 is 0 Å². The summed E-state index contributed by atoms with van der Waals surface area (Å²) < 4.78 is 5.69. The molecule has 1 spiro atoms. The van der Waals surface area contributed by atoms with Gasteiger partial charge in [0.25, 0.3) is 0 Å². The summed E-state index contributed by atoms with van der Waals surface area (Å²) >= 11 is 0. The van der Waals surface area contributed by atoms with Gasteiger partial charge in [-0.05, 0) is 38.5 Å². The zero-order chi connectivity index (χ0) is 16.0. The SMILES string of the molecule is BC1(C(C)C)CCCCCC2C(C1)CC1(COC1)N2C(C)C.